The molecule has 2 atom stereocenters. The number of thiazole rings is 1. The molecule has 4 nitrogen and oxygen atoms in total. The molecule has 1 heterocycles. The molecule has 1 rings (SSSR count). The van der Waals surface area contributed by atoms with Crippen molar-refractivity contribution in [1.82, 2.24) is 10.3 Å². The van der Waals surface area contributed by atoms with Crippen molar-refractivity contribution in [3.05, 3.63) is 16.1 Å². The van der Waals surface area contributed by atoms with Crippen LogP contribution in [0.1, 0.15) is 50.6 Å². The van der Waals surface area contributed by atoms with Gasteiger partial charge in [-0.05, 0) is 32.0 Å². The molecule has 0 aliphatic heterocycles. The molecule has 0 radical (unpaired) electrons. The maximum atomic E-state index is 9.02. The summed E-state index contributed by atoms with van der Waals surface area (Å²) in [6, 6.07) is 0.108. The maximum Gasteiger partial charge on any atom is 0.193 e. The van der Waals surface area contributed by atoms with Gasteiger partial charge in [-0.2, -0.15) is 0 Å². The van der Waals surface area contributed by atoms with Crippen LogP contribution >= 0.6 is 11.3 Å². The van der Waals surface area contributed by atoms with Crippen molar-refractivity contribution in [2.45, 2.75) is 71.4 Å². The normalized spacial score (nSPS) is 16.0. The van der Waals surface area contributed by atoms with Gasteiger partial charge in [-0.1, -0.05) is 20.8 Å². The van der Waals surface area contributed by atoms with Gasteiger partial charge in [0.15, 0.2) is 8.32 Å². The van der Waals surface area contributed by atoms with Crippen LogP contribution in [0.25, 0.3) is 0 Å². The van der Waals surface area contributed by atoms with Crippen molar-refractivity contribution < 1.29 is 9.53 Å². The van der Waals surface area contributed by atoms with Crippen LogP contribution in [0.2, 0.25) is 18.1 Å². The summed E-state index contributed by atoms with van der Waals surface area (Å²) in [7, 11) is -1.77. The molecular weight excluding hydrogens is 300 g/mol. The van der Waals surface area contributed by atoms with Crippen molar-refractivity contribution >= 4 is 19.7 Å². The molecule has 0 fully saturated rings. The van der Waals surface area contributed by atoms with Crippen LogP contribution < -0.4 is 5.32 Å². The van der Waals surface area contributed by atoms with Gasteiger partial charge in [0, 0.05) is 23.7 Å². The summed E-state index contributed by atoms with van der Waals surface area (Å²) in [5, 5.41) is 13.5. The van der Waals surface area contributed by atoms with Crippen molar-refractivity contribution in [2.24, 2.45) is 0 Å². The number of hydrogen-bond donors (Lipinski definition) is 2. The van der Waals surface area contributed by atoms with Crippen molar-refractivity contribution in [3.8, 4) is 0 Å². The lowest BCUT2D eigenvalue weighted by Gasteiger charge is -2.38. The van der Waals surface area contributed by atoms with E-state index in [0.717, 1.165) is 11.6 Å². The monoisotopic (exact) mass is 330 g/mol. The first-order valence-electron chi connectivity index (χ1n) is 7.53. The van der Waals surface area contributed by atoms with E-state index in [1.165, 1.54) is 4.88 Å². The van der Waals surface area contributed by atoms with Gasteiger partial charge in [0.1, 0.15) is 5.01 Å². The minimum atomic E-state index is -1.77. The van der Waals surface area contributed by atoms with Crippen LogP contribution in [-0.2, 0) is 11.0 Å². The highest BCUT2D eigenvalue weighted by Gasteiger charge is 2.39. The van der Waals surface area contributed by atoms with E-state index in [9.17, 15) is 0 Å². The summed E-state index contributed by atoms with van der Waals surface area (Å²) in [4.78, 5) is 5.68. The Bertz CT molecular complexity index is 443. The van der Waals surface area contributed by atoms with Gasteiger partial charge in [0.05, 0.1) is 12.7 Å². The molecular formula is C15H30N2O2SSi. The second kappa shape index (κ2) is 7.33. The molecule has 0 saturated carbocycles. The quantitative estimate of drug-likeness (QED) is 0.749. The van der Waals surface area contributed by atoms with Crippen LogP contribution in [0, 0.1) is 0 Å². The number of nitrogens with zero attached hydrogens (tertiary/aromatic N) is 1. The van der Waals surface area contributed by atoms with Crippen molar-refractivity contribution in [2.75, 3.05) is 6.61 Å². The number of aromatic nitrogens is 1. The SMILES string of the molecule is C[C@H](CO)NCc1cnc([C@@H](C)O[Si](C)(C)C(C)(C)C)s1. The second-order valence-corrected chi connectivity index (χ2v) is 13.1. The zero-order chi connectivity index (χ0) is 16.3. The van der Waals surface area contributed by atoms with E-state index in [1.54, 1.807) is 11.3 Å². The van der Waals surface area contributed by atoms with Crippen molar-refractivity contribution in [1.29, 1.82) is 0 Å². The van der Waals surface area contributed by atoms with E-state index >= 15 is 0 Å². The Kier molecular flexibility index (Phi) is 6.55. The highest BCUT2D eigenvalue weighted by atomic mass is 32.1. The minimum Gasteiger partial charge on any atom is -0.408 e. The summed E-state index contributed by atoms with van der Waals surface area (Å²) in [6.07, 6.45) is 1.95. The Hall–Kier alpha value is -0.273. The Morgan fingerprint density at radius 3 is 2.52 bits per heavy atom. The first-order chi connectivity index (χ1) is 9.56. The molecule has 0 aliphatic rings. The Morgan fingerprint density at radius 2 is 2.00 bits per heavy atom. The van der Waals surface area contributed by atoms with Gasteiger partial charge in [-0.15, -0.1) is 11.3 Å². The highest BCUT2D eigenvalue weighted by molar-refractivity contribution is 7.11. The van der Waals surface area contributed by atoms with E-state index < -0.39 is 8.32 Å². The summed E-state index contributed by atoms with van der Waals surface area (Å²) < 4.78 is 6.37. The number of rotatable bonds is 7. The zero-order valence-electron chi connectivity index (χ0n) is 14.4. The van der Waals surface area contributed by atoms with Gasteiger partial charge in [0.2, 0.25) is 0 Å². The molecule has 0 saturated heterocycles. The summed E-state index contributed by atoms with van der Waals surface area (Å²) in [5.41, 5.74) is 0. The third-order valence-corrected chi connectivity index (χ3v) is 9.81. The summed E-state index contributed by atoms with van der Waals surface area (Å²) in [5.74, 6) is 0. The molecule has 0 amide bonds. The highest BCUT2D eigenvalue weighted by Crippen LogP contribution is 2.40. The van der Waals surface area contributed by atoms with Crippen LogP contribution in [0.15, 0.2) is 6.20 Å². The van der Waals surface area contributed by atoms with Crippen LogP contribution in [0.3, 0.4) is 0 Å². The Balaban J connectivity index is 2.64. The largest absolute Gasteiger partial charge is 0.408 e. The van der Waals surface area contributed by atoms with Gasteiger partial charge in [-0.25, -0.2) is 4.98 Å². The molecule has 0 aliphatic carbocycles. The van der Waals surface area contributed by atoms with Gasteiger partial charge >= 0.3 is 0 Å². The third kappa shape index (κ3) is 5.45. The van der Waals surface area contributed by atoms with Gasteiger partial charge < -0.3 is 14.8 Å². The molecule has 2 N–H and O–H groups in total. The number of hydrogen-bond acceptors (Lipinski definition) is 5. The smallest absolute Gasteiger partial charge is 0.193 e. The molecule has 6 heteroatoms. The standard InChI is InChI=1S/C15H30N2O2SSi/c1-11(10-18)16-8-13-9-17-14(20-13)12(2)19-21(6,7)15(3,4)5/h9,11-12,16,18H,8,10H2,1-7H3/t11-,12-/m1/s1. The topological polar surface area (TPSA) is 54.4 Å². The van der Waals surface area contributed by atoms with E-state index in [1.807, 2.05) is 13.1 Å². The van der Waals surface area contributed by atoms with Gasteiger partial charge in [-0.3, -0.25) is 0 Å². The second-order valence-electron chi connectivity index (χ2n) is 7.15. The van der Waals surface area contributed by atoms with E-state index in [2.05, 4.69) is 51.1 Å². The van der Waals surface area contributed by atoms with E-state index in [0.29, 0.717) is 0 Å². The van der Waals surface area contributed by atoms with E-state index in [-0.39, 0.29) is 23.8 Å². The summed E-state index contributed by atoms with van der Waals surface area (Å²) in [6.45, 7) is 16.2. The molecule has 122 valence electrons. The predicted octanol–water partition coefficient (Wildman–Crippen LogP) is 3.70. The Labute approximate surface area is 134 Å². The average molecular weight is 331 g/mol. The molecule has 0 bridgehead atoms. The maximum absolute atomic E-state index is 9.02. The number of nitrogens with one attached hydrogen (secondary N) is 1. The fourth-order valence-corrected chi connectivity index (χ4v) is 3.88. The van der Waals surface area contributed by atoms with Crippen LogP contribution in [0.5, 0.6) is 0 Å². The fourth-order valence-electron chi connectivity index (χ4n) is 1.60. The number of aliphatic hydroxyl groups is 1. The molecule has 0 spiro atoms. The lowest BCUT2D eigenvalue weighted by Crippen LogP contribution is -2.41. The molecule has 1 aromatic rings. The van der Waals surface area contributed by atoms with Crippen LogP contribution in [0.4, 0.5) is 0 Å². The fraction of sp³-hybridized carbons (Fsp3) is 0.800. The van der Waals surface area contributed by atoms with Gasteiger partial charge in [0.25, 0.3) is 0 Å². The van der Waals surface area contributed by atoms with E-state index in [4.69, 9.17) is 9.53 Å². The lowest BCUT2D eigenvalue weighted by molar-refractivity contribution is 0.202. The third-order valence-electron chi connectivity index (χ3n) is 4.10. The Morgan fingerprint density at radius 1 is 1.38 bits per heavy atom. The predicted molar refractivity (Wildman–Crippen MR) is 92.2 cm³/mol. The molecule has 1 aromatic heterocycles. The molecule has 0 unspecified atom stereocenters. The van der Waals surface area contributed by atoms with Crippen LogP contribution in [-0.4, -0.2) is 31.1 Å². The first kappa shape index (κ1) is 18.8. The summed E-state index contributed by atoms with van der Waals surface area (Å²) >= 11 is 1.69. The minimum absolute atomic E-state index is 0.0416. The molecule has 0 aromatic carbocycles. The lowest BCUT2D eigenvalue weighted by atomic mass is 10.2. The van der Waals surface area contributed by atoms with Crippen molar-refractivity contribution in [3.63, 3.8) is 0 Å². The average Bonchev–Trinajstić information content (AvgIpc) is 2.82. The molecule has 21 heavy (non-hydrogen) atoms. The first-order valence-corrected chi connectivity index (χ1v) is 11.3. The zero-order valence-corrected chi connectivity index (χ0v) is 16.2. The number of aliphatic hydroxyl groups excluding tert-OH is 1.